The minimum atomic E-state index is -1.05. The van der Waals surface area contributed by atoms with Gasteiger partial charge in [-0.1, -0.05) is 25.6 Å². The minimum Gasteiger partial charge on any atom is -0.478 e. The molecule has 7 heteroatoms. The average Bonchev–Trinajstić information content (AvgIpc) is 2.69. The molecule has 0 aromatic carbocycles. The van der Waals surface area contributed by atoms with Gasteiger partial charge in [0.25, 0.3) is 0 Å². The zero-order chi connectivity index (χ0) is 15.7. The number of amides is 1. The highest BCUT2D eigenvalue weighted by atomic mass is 32.2. The molecule has 0 aliphatic carbocycles. The van der Waals surface area contributed by atoms with Crippen LogP contribution in [0.5, 0.6) is 0 Å². The number of aryl methyl sites for hydroxylation is 1. The lowest BCUT2D eigenvalue weighted by Crippen LogP contribution is -2.24. The van der Waals surface area contributed by atoms with Gasteiger partial charge in [-0.15, -0.1) is 0 Å². The highest BCUT2D eigenvalue weighted by molar-refractivity contribution is 8.00. The molecule has 1 aromatic rings. The van der Waals surface area contributed by atoms with E-state index in [1.165, 1.54) is 11.8 Å². The van der Waals surface area contributed by atoms with Gasteiger partial charge in [0, 0.05) is 19.5 Å². The molecule has 2 heterocycles. The molecule has 1 saturated heterocycles. The van der Waals surface area contributed by atoms with E-state index in [2.05, 4.69) is 9.97 Å². The van der Waals surface area contributed by atoms with Gasteiger partial charge in [0.15, 0.2) is 0 Å². The standard InChI is InChI=1S/C14H19N3O3S/c1-7(2)11-15-8(3)10(14(19)20)12(16-11)21-9-5-6-17(4)13(9)18/h7,9H,5-6H2,1-4H3,(H,19,20). The van der Waals surface area contributed by atoms with Crippen LogP contribution >= 0.6 is 11.8 Å². The smallest absolute Gasteiger partial charge is 0.340 e. The highest BCUT2D eigenvalue weighted by Crippen LogP contribution is 2.32. The van der Waals surface area contributed by atoms with Crippen molar-refractivity contribution in [2.24, 2.45) is 0 Å². The molecule has 0 bridgehead atoms. The van der Waals surface area contributed by atoms with Gasteiger partial charge in [-0.3, -0.25) is 4.79 Å². The Balaban J connectivity index is 2.40. The summed E-state index contributed by atoms with van der Waals surface area (Å²) in [7, 11) is 1.76. The summed E-state index contributed by atoms with van der Waals surface area (Å²) in [6, 6.07) is 0. The predicted molar refractivity (Wildman–Crippen MR) is 79.7 cm³/mol. The molecule has 1 aliphatic heterocycles. The summed E-state index contributed by atoms with van der Waals surface area (Å²) in [5.74, 6) is -0.311. The molecular formula is C14H19N3O3S. The zero-order valence-corrected chi connectivity index (χ0v) is 13.4. The van der Waals surface area contributed by atoms with Gasteiger partial charge < -0.3 is 10.0 Å². The molecule has 2 rings (SSSR count). The number of thioether (sulfide) groups is 1. The number of carboxylic acid groups (broad SMARTS) is 1. The molecule has 0 spiro atoms. The average molecular weight is 309 g/mol. The summed E-state index contributed by atoms with van der Waals surface area (Å²) in [6.07, 6.45) is 0.707. The first kappa shape index (κ1) is 15.8. The first-order valence-corrected chi connectivity index (χ1v) is 7.72. The Labute approximate surface area is 128 Å². The second-order valence-electron chi connectivity index (χ2n) is 5.46. The maximum Gasteiger partial charge on any atom is 0.340 e. The number of hydrogen-bond donors (Lipinski definition) is 1. The monoisotopic (exact) mass is 309 g/mol. The highest BCUT2D eigenvalue weighted by Gasteiger charge is 2.32. The fraction of sp³-hybridized carbons (Fsp3) is 0.571. The van der Waals surface area contributed by atoms with Crippen molar-refractivity contribution in [3.05, 3.63) is 17.1 Å². The van der Waals surface area contributed by atoms with E-state index in [-0.39, 0.29) is 22.6 Å². The van der Waals surface area contributed by atoms with E-state index in [0.29, 0.717) is 29.5 Å². The van der Waals surface area contributed by atoms with Crippen LogP contribution in [0.3, 0.4) is 0 Å². The summed E-state index contributed by atoms with van der Waals surface area (Å²) in [4.78, 5) is 33.8. The summed E-state index contributed by atoms with van der Waals surface area (Å²) in [5.41, 5.74) is 0.550. The third-order valence-electron chi connectivity index (χ3n) is 3.44. The number of carbonyl (C=O) groups is 2. The van der Waals surface area contributed by atoms with Gasteiger partial charge in [-0.25, -0.2) is 14.8 Å². The SMILES string of the molecule is Cc1nc(C(C)C)nc(SC2CCN(C)C2=O)c1C(=O)O. The van der Waals surface area contributed by atoms with Crippen molar-refractivity contribution in [1.29, 1.82) is 0 Å². The van der Waals surface area contributed by atoms with Gasteiger partial charge >= 0.3 is 5.97 Å². The van der Waals surface area contributed by atoms with E-state index in [1.54, 1.807) is 18.9 Å². The largest absolute Gasteiger partial charge is 0.478 e. The first-order valence-electron chi connectivity index (χ1n) is 6.84. The van der Waals surface area contributed by atoms with Gasteiger partial charge in [-0.05, 0) is 13.3 Å². The molecule has 114 valence electrons. The van der Waals surface area contributed by atoms with Crippen molar-refractivity contribution in [3.63, 3.8) is 0 Å². The number of nitrogens with zero attached hydrogens (tertiary/aromatic N) is 3. The van der Waals surface area contributed by atoms with Gasteiger partial charge in [-0.2, -0.15) is 0 Å². The Morgan fingerprint density at radius 3 is 2.57 bits per heavy atom. The van der Waals surface area contributed by atoms with Crippen LogP contribution in [0.25, 0.3) is 0 Å². The van der Waals surface area contributed by atoms with E-state index in [1.807, 2.05) is 13.8 Å². The predicted octanol–water partition coefficient (Wildman–Crippen LogP) is 1.93. The van der Waals surface area contributed by atoms with Crippen molar-refractivity contribution >= 4 is 23.6 Å². The molecule has 1 aromatic heterocycles. The van der Waals surface area contributed by atoms with Gasteiger partial charge in [0.05, 0.1) is 10.9 Å². The molecule has 1 atom stereocenters. The van der Waals surface area contributed by atoms with Crippen LogP contribution in [-0.2, 0) is 4.79 Å². The molecule has 1 fully saturated rings. The van der Waals surface area contributed by atoms with Crippen LogP contribution in [0.1, 0.15) is 48.1 Å². The minimum absolute atomic E-state index is 0.0266. The lowest BCUT2D eigenvalue weighted by atomic mass is 10.2. The van der Waals surface area contributed by atoms with E-state index >= 15 is 0 Å². The maximum absolute atomic E-state index is 12.0. The Kier molecular flexibility index (Phi) is 4.51. The number of likely N-dealkylation sites (tertiary alicyclic amines) is 1. The molecule has 6 nitrogen and oxygen atoms in total. The van der Waals surface area contributed by atoms with E-state index in [4.69, 9.17) is 0 Å². The topological polar surface area (TPSA) is 83.4 Å². The first-order chi connectivity index (χ1) is 9.81. The molecule has 1 aliphatic rings. The number of aromatic nitrogens is 2. The zero-order valence-electron chi connectivity index (χ0n) is 12.6. The number of rotatable bonds is 4. The number of hydrogen-bond acceptors (Lipinski definition) is 5. The van der Waals surface area contributed by atoms with Crippen LogP contribution in [0.4, 0.5) is 0 Å². The van der Waals surface area contributed by atoms with Crippen LogP contribution in [0.15, 0.2) is 5.03 Å². The molecule has 0 saturated carbocycles. The van der Waals surface area contributed by atoms with Crippen molar-refractivity contribution in [3.8, 4) is 0 Å². The summed E-state index contributed by atoms with van der Waals surface area (Å²) < 4.78 is 0. The van der Waals surface area contributed by atoms with Crippen LogP contribution < -0.4 is 0 Å². The maximum atomic E-state index is 12.0. The van der Waals surface area contributed by atoms with Crippen molar-refractivity contribution < 1.29 is 14.7 Å². The molecule has 1 amide bonds. The normalized spacial score (nSPS) is 18.6. The number of carbonyl (C=O) groups excluding carboxylic acids is 1. The Morgan fingerprint density at radius 1 is 1.43 bits per heavy atom. The molecule has 1 N–H and O–H groups in total. The van der Waals surface area contributed by atoms with Crippen molar-refractivity contribution in [2.45, 2.75) is 43.4 Å². The van der Waals surface area contributed by atoms with E-state index < -0.39 is 5.97 Å². The quantitative estimate of drug-likeness (QED) is 0.856. The third kappa shape index (κ3) is 3.18. The van der Waals surface area contributed by atoms with Gasteiger partial charge in [0.1, 0.15) is 16.4 Å². The van der Waals surface area contributed by atoms with Crippen LogP contribution in [0, 0.1) is 6.92 Å². The summed E-state index contributed by atoms with van der Waals surface area (Å²) in [6.45, 7) is 6.28. The van der Waals surface area contributed by atoms with Crippen molar-refractivity contribution in [1.82, 2.24) is 14.9 Å². The fourth-order valence-electron chi connectivity index (χ4n) is 2.19. The van der Waals surface area contributed by atoms with E-state index in [0.717, 1.165) is 0 Å². The Hall–Kier alpha value is -1.63. The van der Waals surface area contributed by atoms with Gasteiger partial charge in [0.2, 0.25) is 5.91 Å². The van der Waals surface area contributed by atoms with Crippen molar-refractivity contribution in [2.75, 3.05) is 13.6 Å². The summed E-state index contributed by atoms with van der Waals surface area (Å²) >= 11 is 1.24. The lowest BCUT2D eigenvalue weighted by Gasteiger charge is -2.14. The molecular weight excluding hydrogens is 290 g/mol. The van der Waals surface area contributed by atoms with Crippen LogP contribution in [0.2, 0.25) is 0 Å². The number of aromatic carboxylic acids is 1. The molecule has 21 heavy (non-hydrogen) atoms. The Morgan fingerprint density at radius 2 is 2.10 bits per heavy atom. The Bertz CT molecular complexity index is 589. The lowest BCUT2D eigenvalue weighted by molar-refractivity contribution is -0.126. The van der Waals surface area contributed by atoms with Crippen LogP contribution in [-0.4, -0.2) is 50.7 Å². The summed E-state index contributed by atoms with van der Waals surface area (Å²) in [5, 5.41) is 9.51. The third-order valence-corrected chi connectivity index (χ3v) is 4.68. The van der Waals surface area contributed by atoms with E-state index in [9.17, 15) is 14.7 Å². The second kappa shape index (κ2) is 6.01. The fourth-order valence-corrected chi connectivity index (χ4v) is 3.46. The second-order valence-corrected chi connectivity index (χ2v) is 6.65. The number of carboxylic acids is 1. The molecule has 0 radical (unpaired) electrons. The molecule has 1 unspecified atom stereocenters.